The molecule has 0 unspecified atom stereocenters. The van der Waals surface area contributed by atoms with Crippen LogP contribution in [-0.2, 0) is 13.2 Å². The molecule has 3 rings (SSSR count). The second-order valence-corrected chi connectivity index (χ2v) is 6.13. The molecule has 1 N–H and O–H groups in total. The molecule has 0 saturated heterocycles. The largest absolute Gasteiger partial charge is 0.489 e. The predicted octanol–water partition coefficient (Wildman–Crippen LogP) is 5.63. The van der Waals surface area contributed by atoms with E-state index in [0.717, 1.165) is 18.0 Å². The molecule has 25 heavy (non-hydrogen) atoms. The first-order chi connectivity index (χ1) is 12.1. The Morgan fingerprint density at radius 2 is 1.64 bits per heavy atom. The third-order valence-electron chi connectivity index (χ3n) is 4.36. The second-order valence-electron chi connectivity index (χ2n) is 6.13. The van der Waals surface area contributed by atoms with Crippen molar-refractivity contribution < 1.29 is 9.13 Å². The van der Waals surface area contributed by atoms with Crippen LogP contribution in [0.2, 0.25) is 0 Å². The average molecular weight is 335 g/mol. The van der Waals surface area contributed by atoms with Gasteiger partial charge in [0.25, 0.3) is 0 Å². The SMILES string of the molecule is Cc1cccc(NCc2ccc(OCc3ccccc3F)cc2)c1C. The van der Waals surface area contributed by atoms with Gasteiger partial charge in [-0.05, 0) is 54.8 Å². The summed E-state index contributed by atoms with van der Waals surface area (Å²) in [6, 6.07) is 20.8. The number of halogens is 1. The molecule has 0 aliphatic carbocycles. The fraction of sp³-hybridized carbons (Fsp3) is 0.182. The number of nitrogens with one attached hydrogen (secondary N) is 1. The fourth-order valence-corrected chi connectivity index (χ4v) is 2.62. The molecule has 0 saturated carbocycles. The molecule has 0 radical (unpaired) electrons. The van der Waals surface area contributed by atoms with Gasteiger partial charge in [-0.2, -0.15) is 0 Å². The van der Waals surface area contributed by atoms with Gasteiger partial charge in [0, 0.05) is 17.8 Å². The number of hydrogen-bond donors (Lipinski definition) is 1. The van der Waals surface area contributed by atoms with Crippen LogP contribution in [0, 0.1) is 19.7 Å². The van der Waals surface area contributed by atoms with Crippen LogP contribution in [0.1, 0.15) is 22.3 Å². The summed E-state index contributed by atoms with van der Waals surface area (Å²) in [5.41, 5.74) is 5.43. The van der Waals surface area contributed by atoms with Gasteiger partial charge in [-0.25, -0.2) is 4.39 Å². The summed E-state index contributed by atoms with van der Waals surface area (Å²) >= 11 is 0. The zero-order chi connectivity index (χ0) is 17.6. The Hall–Kier alpha value is -2.81. The Balaban J connectivity index is 1.57. The Morgan fingerprint density at radius 3 is 2.40 bits per heavy atom. The molecule has 3 heteroatoms. The van der Waals surface area contributed by atoms with E-state index >= 15 is 0 Å². The first-order valence-corrected chi connectivity index (χ1v) is 8.39. The lowest BCUT2D eigenvalue weighted by molar-refractivity contribution is 0.300. The van der Waals surface area contributed by atoms with Crippen LogP contribution in [0.4, 0.5) is 10.1 Å². The van der Waals surface area contributed by atoms with Gasteiger partial charge in [-0.3, -0.25) is 0 Å². The van der Waals surface area contributed by atoms with E-state index in [1.165, 1.54) is 22.8 Å². The van der Waals surface area contributed by atoms with E-state index in [1.807, 2.05) is 30.3 Å². The fourth-order valence-electron chi connectivity index (χ4n) is 2.62. The molecule has 0 heterocycles. The molecule has 0 bridgehead atoms. The Labute approximate surface area is 148 Å². The Morgan fingerprint density at radius 1 is 0.880 bits per heavy atom. The molecule has 0 fully saturated rings. The van der Waals surface area contributed by atoms with Gasteiger partial charge in [0.05, 0.1) is 0 Å². The van der Waals surface area contributed by atoms with Gasteiger partial charge < -0.3 is 10.1 Å². The van der Waals surface area contributed by atoms with Crippen LogP contribution in [0.3, 0.4) is 0 Å². The van der Waals surface area contributed by atoms with Crippen molar-refractivity contribution in [1.29, 1.82) is 0 Å². The Bertz CT molecular complexity index is 843. The van der Waals surface area contributed by atoms with Gasteiger partial charge in [-0.15, -0.1) is 0 Å². The summed E-state index contributed by atoms with van der Waals surface area (Å²) in [5, 5.41) is 3.46. The Kier molecular flexibility index (Phi) is 5.34. The molecule has 0 amide bonds. The monoisotopic (exact) mass is 335 g/mol. The lowest BCUT2D eigenvalue weighted by atomic mass is 10.1. The van der Waals surface area contributed by atoms with Crippen molar-refractivity contribution in [3.05, 3.63) is 94.8 Å². The van der Waals surface area contributed by atoms with Crippen LogP contribution in [-0.4, -0.2) is 0 Å². The molecule has 0 aromatic heterocycles. The summed E-state index contributed by atoms with van der Waals surface area (Å²) in [7, 11) is 0. The molecule has 128 valence electrons. The number of anilines is 1. The zero-order valence-corrected chi connectivity index (χ0v) is 14.6. The second kappa shape index (κ2) is 7.84. The summed E-state index contributed by atoms with van der Waals surface area (Å²) in [6.07, 6.45) is 0. The molecule has 0 aliphatic rings. The molecule has 3 aromatic rings. The number of ether oxygens (including phenoxy) is 1. The van der Waals surface area contributed by atoms with E-state index in [-0.39, 0.29) is 12.4 Å². The van der Waals surface area contributed by atoms with Crippen molar-refractivity contribution >= 4 is 5.69 Å². The van der Waals surface area contributed by atoms with Crippen molar-refractivity contribution in [3.63, 3.8) is 0 Å². The maximum atomic E-state index is 13.6. The van der Waals surface area contributed by atoms with E-state index in [9.17, 15) is 4.39 Å². The summed E-state index contributed by atoms with van der Waals surface area (Å²) in [6.45, 7) is 5.21. The van der Waals surface area contributed by atoms with E-state index in [4.69, 9.17) is 4.74 Å². The average Bonchev–Trinajstić information content (AvgIpc) is 2.63. The van der Waals surface area contributed by atoms with Crippen LogP contribution in [0.25, 0.3) is 0 Å². The van der Waals surface area contributed by atoms with Crippen molar-refractivity contribution in [3.8, 4) is 5.75 Å². The predicted molar refractivity (Wildman–Crippen MR) is 100 cm³/mol. The first-order valence-electron chi connectivity index (χ1n) is 8.39. The number of aryl methyl sites for hydroxylation is 1. The molecule has 2 nitrogen and oxygen atoms in total. The van der Waals surface area contributed by atoms with Gasteiger partial charge >= 0.3 is 0 Å². The number of benzene rings is 3. The van der Waals surface area contributed by atoms with Crippen molar-refractivity contribution in [2.45, 2.75) is 27.0 Å². The lowest BCUT2D eigenvalue weighted by Gasteiger charge is -2.12. The van der Waals surface area contributed by atoms with Gasteiger partial charge in [-0.1, -0.05) is 42.5 Å². The molecule has 0 spiro atoms. The van der Waals surface area contributed by atoms with E-state index in [2.05, 4.69) is 37.4 Å². The van der Waals surface area contributed by atoms with Crippen LogP contribution in [0.15, 0.2) is 66.7 Å². The number of rotatable bonds is 6. The summed E-state index contributed by atoms with van der Waals surface area (Å²) in [4.78, 5) is 0. The van der Waals surface area contributed by atoms with Gasteiger partial charge in [0.1, 0.15) is 18.2 Å². The van der Waals surface area contributed by atoms with E-state index in [0.29, 0.717) is 5.56 Å². The van der Waals surface area contributed by atoms with Crippen molar-refractivity contribution in [1.82, 2.24) is 0 Å². The summed E-state index contributed by atoms with van der Waals surface area (Å²) in [5.74, 6) is 0.496. The van der Waals surface area contributed by atoms with E-state index < -0.39 is 0 Å². The third kappa shape index (κ3) is 4.38. The molecular weight excluding hydrogens is 313 g/mol. The van der Waals surface area contributed by atoms with Crippen molar-refractivity contribution in [2.24, 2.45) is 0 Å². The van der Waals surface area contributed by atoms with Crippen LogP contribution in [0.5, 0.6) is 5.75 Å². The highest BCUT2D eigenvalue weighted by Gasteiger charge is 2.03. The van der Waals surface area contributed by atoms with E-state index in [1.54, 1.807) is 12.1 Å². The first kappa shape index (κ1) is 17.0. The summed E-state index contributed by atoms with van der Waals surface area (Å²) < 4.78 is 19.3. The van der Waals surface area contributed by atoms with Gasteiger partial charge in [0.2, 0.25) is 0 Å². The minimum atomic E-state index is -0.239. The third-order valence-corrected chi connectivity index (χ3v) is 4.36. The number of hydrogen-bond acceptors (Lipinski definition) is 2. The standard InChI is InChI=1S/C22H22FNO/c1-16-6-5-9-22(17(16)2)24-14-18-10-12-20(13-11-18)25-15-19-7-3-4-8-21(19)23/h3-13,24H,14-15H2,1-2H3. The maximum absolute atomic E-state index is 13.6. The quantitative estimate of drug-likeness (QED) is 0.630. The highest BCUT2D eigenvalue weighted by Crippen LogP contribution is 2.20. The topological polar surface area (TPSA) is 21.3 Å². The van der Waals surface area contributed by atoms with Crippen molar-refractivity contribution in [2.75, 3.05) is 5.32 Å². The molecular formula is C22H22FNO. The molecule has 3 aromatic carbocycles. The normalized spacial score (nSPS) is 10.5. The van der Waals surface area contributed by atoms with Crippen LogP contribution >= 0.6 is 0 Å². The zero-order valence-electron chi connectivity index (χ0n) is 14.6. The highest BCUT2D eigenvalue weighted by atomic mass is 19.1. The van der Waals surface area contributed by atoms with Crippen LogP contribution < -0.4 is 10.1 Å². The molecule has 0 atom stereocenters. The highest BCUT2D eigenvalue weighted by molar-refractivity contribution is 5.54. The minimum Gasteiger partial charge on any atom is -0.489 e. The minimum absolute atomic E-state index is 0.229. The smallest absolute Gasteiger partial charge is 0.129 e. The molecule has 0 aliphatic heterocycles. The maximum Gasteiger partial charge on any atom is 0.129 e. The lowest BCUT2D eigenvalue weighted by Crippen LogP contribution is -2.02. The van der Waals surface area contributed by atoms with Gasteiger partial charge in [0.15, 0.2) is 0 Å².